The molecule has 0 radical (unpaired) electrons. The third-order valence-electron chi connectivity index (χ3n) is 4.43. The fourth-order valence-corrected chi connectivity index (χ4v) is 4.88. The van der Waals surface area contributed by atoms with Gasteiger partial charge in [0.05, 0.1) is 9.77 Å². The Balaban J connectivity index is 1.73. The highest BCUT2D eigenvalue weighted by atomic mass is 32.2. The molecule has 7 heteroatoms. The van der Waals surface area contributed by atoms with E-state index in [2.05, 4.69) is 17.2 Å². The van der Waals surface area contributed by atoms with Crippen LogP contribution in [0.5, 0.6) is 0 Å². The molecule has 2 aromatic carbocycles. The average molecular weight is 439 g/mol. The van der Waals surface area contributed by atoms with E-state index < -0.39 is 10.0 Å². The van der Waals surface area contributed by atoms with Crippen molar-refractivity contribution in [3.8, 4) is 11.8 Å². The Morgan fingerprint density at radius 2 is 1.73 bits per heavy atom. The van der Waals surface area contributed by atoms with E-state index in [0.717, 1.165) is 10.4 Å². The summed E-state index contributed by atoms with van der Waals surface area (Å²) in [6.07, 6.45) is 0. The van der Waals surface area contributed by atoms with Crippen LogP contribution < -0.4 is 5.32 Å². The number of amides is 1. The van der Waals surface area contributed by atoms with Gasteiger partial charge in [0.2, 0.25) is 10.0 Å². The highest BCUT2D eigenvalue weighted by molar-refractivity contribution is 7.89. The number of rotatable bonds is 6. The molecule has 0 aliphatic heterocycles. The van der Waals surface area contributed by atoms with Crippen molar-refractivity contribution >= 4 is 33.0 Å². The molecular formula is C23H22N2O3S2. The van der Waals surface area contributed by atoms with Gasteiger partial charge in [0.25, 0.3) is 5.91 Å². The van der Waals surface area contributed by atoms with Gasteiger partial charge in [-0.05, 0) is 53.9 Å². The fourth-order valence-electron chi connectivity index (χ4n) is 2.85. The van der Waals surface area contributed by atoms with Crippen molar-refractivity contribution in [2.24, 2.45) is 0 Å². The van der Waals surface area contributed by atoms with Crippen molar-refractivity contribution in [1.82, 2.24) is 4.31 Å². The molecule has 0 fully saturated rings. The van der Waals surface area contributed by atoms with E-state index in [1.165, 1.54) is 28.6 Å². The summed E-state index contributed by atoms with van der Waals surface area (Å²) in [7, 11) is -3.55. The fraction of sp³-hybridized carbons (Fsp3) is 0.174. The van der Waals surface area contributed by atoms with E-state index in [1.807, 2.05) is 29.6 Å². The van der Waals surface area contributed by atoms with Crippen molar-refractivity contribution in [2.75, 3.05) is 18.4 Å². The molecule has 3 aromatic rings. The molecule has 0 saturated carbocycles. The summed E-state index contributed by atoms with van der Waals surface area (Å²) in [6.45, 7) is 4.38. The SMILES string of the molecule is CCN(CC)S(=O)(=O)c1ccc(C(=O)Nc2cccc(C#Cc3cccs3)c2)cc1. The van der Waals surface area contributed by atoms with Gasteiger partial charge in [0, 0.05) is 29.9 Å². The summed E-state index contributed by atoms with van der Waals surface area (Å²) in [5, 5.41) is 4.80. The Kier molecular flexibility index (Phi) is 7.06. The van der Waals surface area contributed by atoms with Crippen LogP contribution in [0.3, 0.4) is 0 Å². The van der Waals surface area contributed by atoms with Crippen molar-refractivity contribution in [3.63, 3.8) is 0 Å². The third kappa shape index (κ3) is 5.16. The van der Waals surface area contributed by atoms with E-state index in [4.69, 9.17) is 0 Å². The minimum absolute atomic E-state index is 0.175. The monoisotopic (exact) mass is 438 g/mol. The lowest BCUT2D eigenvalue weighted by molar-refractivity contribution is 0.102. The zero-order chi connectivity index (χ0) is 21.6. The standard InChI is InChI=1S/C23H22N2O3S2/c1-3-25(4-2)30(27,28)22-14-11-19(12-15-22)23(26)24-20-8-5-7-18(17-20)10-13-21-9-6-16-29-21/h5-9,11-12,14-17H,3-4H2,1-2H3,(H,24,26). The Labute approximate surface area is 181 Å². The van der Waals surface area contributed by atoms with Gasteiger partial charge in [0.1, 0.15) is 0 Å². The smallest absolute Gasteiger partial charge is 0.255 e. The number of hydrogen-bond acceptors (Lipinski definition) is 4. The predicted octanol–water partition coefficient (Wildman–Crippen LogP) is 4.43. The van der Waals surface area contributed by atoms with E-state index in [0.29, 0.717) is 24.3 Å². The van der Waals surface area contributed by atoms with Crippen molar-refractivity contribution in [1.29, 1.82) is 0 Å². The second-order valence-corrected chi connectivity index (χ2v) is 9.26. The van der Waals surface area contributed by atoms with E-state index >= 15 is 0 Å². The first-order chi connectivity index (χ1) is 14.4. The van der Waals surface area contributed by atoms with Gasteiger partial charge >= 0.3 is 0 Å². The van der Waals surface area contributed by atoms with Crippen molar-refractivity contribution < 1.29 is 13.2 Å². The molecule has 154 valence electrons. The van der Waals surface area contributed by atoms with Gasteiger partial charge in [-0.1, -0.05) is 37.8 Å². The zero-order valence-electron chi connectivity index (χ0n) is 16.8. The molecule has 0 spiro atoms. The summed E-state index contributed by atoms with van der Waals surface area (Å²) < 4.78 is 26.5. The summed E-state index contributed by atoms with van der Waals surface area (Å²) in [4.78, 5) is 13.7. The highest BCUT2D eigenvalue weighted by Crippen LogP contribution is 2.18. The summed E-state index contributed by atoms with van der Waals surface area (Å²) in [6, 6.07) is 17.2. The number of nitrogens with zero attached hydrogens (tertiary/aromatic N) is 1. The molecule has 5 nitrogen and oxygen atoms in total. The Morgan fingerprint density at radius 3 is 2.37 bits per heavy atom. The van der Waals surface area contributed by atoms with E-state index in [1.54, 1.807) is 37.3 Å². The average Bonchev–Trinajstić information content (AvgIpc) is 3.27. The molecule has 0 saturated heterocycles. The van der Waals surface area contributed by atoms with Gasteiger partial charge in [-0.2, -0.15) is 4.31 Å². The number of carbonyl (C=O) groups is 1. The maximum atomic E-state index is 12.6. The Hall–Kier alpha value is -2.92. The first-order valence-corrected chi connectivity index (χ1v) is 11.8. The van der Waals surface area contributed by atoms with Crippen molar-refractivity contribution in [2.45, 2.75) is 18.7 Å². The molecule has 1 aromatic heterocycles. The van der Waals surface area contributed by atoms with Crippen LogP contribution in [0.25, 0.3) is 0 Å². The lowest BCUT2D eigenvalue weighted by Gasteiger charge is -2.18. The Bertz CT molecular complexity index is 1170. The maximum Gasteiger partial charge on any atom is 0.255 e. The van der Waals surface area contributed by atoms with Crippen LogP contribution in [0.4, 0.5) is 5.69 Å². The van der Waals surface area contributed by atoms with Crippen molar-refractivity contribution in [3.05, 3.63) is 82.0 Å². The van der Waals surface area contributed by atoms with Crippen LogP contribution in [-0.4, -0.2) is 31.7 Å². The second-order valence-electron chi connectivity index (χ2n) is 6.38. The molecule has 0 atom stereocenters. The zero-order valence-corrected chi connectivity index (χ0v) is 18.4. The Morgan fingerprint density at radius 1 is 1.00 bits per heavy atom. The summed E-state index contributed by atoms with van der Waals surface area (Å²) >= 11 is 1.57. The normalized spacial score (nSPS) is 11.0. The van der Waals surface area contributed by atoms with Crippen LogP contribution in [0, 0.1) is 11.8 Å². The molecule has 1 amide bonds. The molecule has 1 N–H and O–H groups in total. The topological polar surface area (TPSA) is 66.5 Å². The lowest BCUT2D eigenvalue weighted by atomic mass is 10.1. The highest BCUT2D eigenvalue weighted by Gasteiger charge is 2.21. The summed E-state index contributed by atoms with van der Waals surface area (Å²) in [5.74, 6) is 5.86. The number of sulfonamides is 1. The van der Waals surface area contributed by atoms with Crippen LogP contribution in [-0.2, 0) is 10.0 Å². The van der Waals surface area contributed by atoms with Gasteiger partial charge in [-0.25, -0.2) is 8.42 Å². The number of thiophene rings is 1. The minimum atomic E-state index is -3.55. The van der Waals surface area contributed by atoms with Gasteiger partial charge < -0.3 is 5.32 Å². The molecule has 0 aliphatic rings. The van der Waals surface area contributed by atoms with Crippen LogP contribution in [0.1, 0.15) is 34.6 Å². The predicted molar refractivity (Wildman–Crippen MR) is 121 cm³/mol. The van der Waals surface area contributed by atoms with E-state index in [9.17, 15) is 13.2 Å². The molecule has 0 bridgehead atoms. The number of benzene rings is 2. The van der Waals surface area contributed by atoms with E-state index in [-0.39, 0.29) is 10.8 Å². The van der Waals surface area contributed by atoms with Gasteiger partial charge in [-0.3, -0.25) is 4.79 Å². The molecule has 30 heavy (non-hydrogen) atoms. The largest absolute Gasteiger partial charge is 0.322 e. The maximum absolute atomic E-state index is 12.6. The third-order valence-corrected chi connectivity index (χ3v) is 7.28. The molecule has 1 heterocycles. The van der Waals surface area contributed by atoms with Gasteiger partial charge in [0.15, 0.2) is 0 Å². The molecule has 3 rings (SSSR count). The second kappa shape index (κ2) is 9.72. The quantitative estimate of drug-likeness (QED) is 0.579. The van der Waals surface area contributed by atoms with Crippen LogP contribution in [0.15, 0.2) is 70.9 Å². The number of hydrogen-bond donors (Lipinski definition) is 1. The number of carbonyl (C=O) groups excluding carboxylic acids is 1. The molecule has 0 unspecified atom stereocenters. The first-order valence-electron chi connectivity index (χ1n) is 9.51. The van der Waals surface area contributed by atoms with Crippen LogP contribution >= 0.6 is 11.3 Å². The molecule has 0 aliphatic carbocycles. The van der Waals surface area contributed by atoms with Gasteiger partial charge in [-0.15, -0.1) is 11.3 Å². The lowest BCUT2D eigenvalue weighted by Crippen LogP contribution is -2.30. The molecular weight excluding hydrogens is 416 g/mol. The number of nitrogens with one attached hydrogen (secondary N) is 1. The van der Waals surface area contributed by atoms with Crippen LogP contribution in [0.2, 0.25) is 0 Å². The first kappa shape index (κ1) is 21.8. The summed E-state index contributed by atoms with van der Waals surface area (Å²) in [5.41, 5.74) is 1.79. The number of anilines is 1. The minimum Gasteiger partial charge on any atom is -0.322 e.